The monoisotopic (exact) mass is 221 g/mol. The Bertz CT molecular complexity index is 255. The van der Waals surface area contributed by atoms with Crippen LogP contribution in [-0.4, -0.2) is 39.2 Å². The zero-order valence-corrected chi connectivity index (χ0v) is 9.00. The van der Waals surface area contributed by atoms with Crippen molar-refractivity contribution in [1.82, 2.24) is 5.32 Å². The molecule has 7 heteroatoms. The van der Waals surface area contributed by atoms with E-state index < -0.39 is 10.8 Å². The van der Waals surface area contributed by atoms with Crippen LogP contribution in [0.4, 0.5) is 0 Å². The molecule has 0 aliphatic carbocycles. The molecule has 0 rings (SSSR count). The maximum atomic E-state index is 11.1. The van der Waals surface area contributed by atoms with Crippen molar-refractivity contribution in [2.24, 2.45) is 10.9 Å². The minimum atomic E-state index is -0.967. The second-order valence-corrected chi connectivity index (χ2v) is 4.68. The van der Waals surface area contributed by atoms with Crippen LogP contribution in [0, 0.1) is 0 Å². The van der Waals surface area contributed by atoms with Crippen LogP contribution in [0.15, 0.2) is 5.16 Å². The zero-order chi connectivity index (χ0) is 11.1. The fourth-order valence-corrected chi connectivity index (χ4v) is 0.955. The van der Waals surface area contributed by atoms with E-state index in [1.165, 1.54) is 0 Å². The minimum absolute atomic E-state index is 0.105. The maximum absolute atomic E-state index is 11.1. The summed E-state index contributed by atoms with van der Waals surface area (Å²) in [5.74, 6) is -0.495. The first-order chi connectivity index (χ1) is 6.47. The van der Waals surface area contributed by atoms with Gasteiger partial charge in [-0.05, 0) is 6.92 Å². The molecule has 0 aliphatic rings. The Hall–Kier alpha value is -1.11. The molecule has 0 aromatic rings. The van der Waals surface area contributed by atoms with Gasteiger partial charge < -0.3 is 16.3 Å². The topological polar surface area (TPSA) is 105 Å². The molecule has 0 aromatic carbocycles. The van der Waals surface area contributed by atoms with Crippen LogP contribution < -0.4 is 11.1 Å². The van der Waals surface area contributed by atoms with E-state index >= 15 is 0 Å². The van der Waals surface area contributed by atoms with Gasteiger partial charge in [0.05, 0.1) is 6.42 Å². The predicted molar refractivity (Wildman–Crippen MR) is 54.6 cm³/mol. The number of nitrogens with one attached hydrogen (secondary N) is 1. The summed E-state index contributed by atoms with van der Waals surface area (Å²) in [4.78, 5) is 11.1. The van der Waals surface area contributed by atoms with Gasteiger partial charge in [0.15, 0.2) is 0 Å². The van der Waals surface area contributed by atoms with Gasteiger partial charge in [-0.25, -0.2) is 0 Å². The van der Waals surface area contributed by atoms with E-state index in [-0.39, 0.29) is 23.4 Å². The summed E-state index contributed by atoms with van der Waals surface area (Å²) in [5, 5.41) is 13.3. The molecule has 0 fully saturated rings. The van der Waals surface area contributed by atoms with Gasteiger partial charge in [0.2, 0.25) is 5.91 Å². The Kier molecular flexibility index (Phi) is 5.86. The summed E-state index contributed by atoms with van der Waals surface area (Å²) in [6.45, 7) is 2.08. The normalized spacial score (nSPS) is 16.0. The molecule has 0 aromatic heterocycles. The molecule has 0 bridgehead atoms. The summed E-state index contributed by atoms with van der Waals surface area (Å²) >= 11 is 0. The third-order valence-electron chi connectivity index (χ3n) is 1.62. The molecule has 6 nitrogen and oxygen atoms in total. The molecule has 0 saturated carbocycles. The zero-order valence-electron chi connectivity index (χ0n) is 8.19. The molecule has 0 heterocycles. The highest BCUT2D eigenvalue weighted by molar-refractivity contribution is 7.84. The van der Waals surface area contributed by atoms with Crippen LogP contribution >= 0.6 is 0 Å². The van der Waals surface area contributed by atoms with Crippen LogP contribution in [-0.2, 0) is 15.6 Å². The lowest BCUT2D eigenvalue weighted by Gasteiger charge is -2.09. The van der Waals surface area contributed by atoms with Gasteiger partial charge in [0, 0.05) is 28.9 Å². The summed E-state index contributed by atoms with van der Waals surface area (Å²) < 4.78 is 10.9. The standard InChI is InChI=1S/C7H15N3O3S/c1-5(14(2)13)4-9-7(11)3-6(8)10-12/h5,12H,3-4H2,1-2H3,(H2,8,10)(H,9,11). The number of nitrogens with two attached hydrogens (primary N) is 1. The van der Waals surface area contributed by atoms with E-state index in [4.69, 9.17) is 10.9 Å². The molecule has 2 atom stereocenters. The lowest BCUT2D eigenvalue weighted by molar-refractivity contribution is -0.119. The van der Waals surface area contributed by atoms with Gasteiger partial charge in [-0.1, -0.05) is 5.16 Å². The van der Waals surface area contributed by atoms with Crippen molar-refractivity contribution >= 4 is 22.5 Å². The Morgan fingerprint density at radius 3 is 2.71 bits per heavy atom. The van der Waals surface area contributed by atoms with Gasteiger partial charge in [-0.2, -0.15) is 0 Å². The van der Waals surface area contributed by atoms with Crippen molar-refractivity contribution in [2.75, 3.05) is 12.8 Å². The van der Waals surface area contributed by atoms with E-state index in [2.05, 4.69) is 10.5 Å². The third kappa shape index (κ3) is 5.52. The van der Waals surface area contributed by atoms with Gasteiger partial charge in [-0.15, -0.1) is 0 Å². The number of oxime groups is 1. The highest BCUT2D eigenvalue weighted by atomic mass is 32.2. The molecular formula is C7H15N3O3S. The molecule has 1 amide bonds. The second-order valence-electron chi connectivity index (χ2n) is 2.88. The fourth-order valence-electron chi connectivity index (χ4n) is 0.637. The SMILES string of the molecule is CC(CNC(=O)CC(N)=NO)S(C)=O. The van der Waals surface area contributed by atoms with Crippen molar-refractivity contribution in [1.29, 1.82) is 0 Å². The lowest BCUT2D eigenvalue weighted by atomic mass is 10.3. The summed E-state index contributed by atoms with van der Waals surface area (Å²) in [6, 6.07) is 0. The first kappa shape index (κ1) is 12.9. The van der Waals surface area contributed by atoms with Crippen LogP contribution in [0.2, 0.25) is 0 Å². The maximum Gasteiger partial charge on any atom is 0.227 e. The van der Waals surface area contributed by atoms with Crippen molar-refractivity contribution < 1.29 is 14.2 Å². The summed E-state index contributed by atoms with van der Waals surface area (Å²) in [5.41, 5.74) is 5.12. The van der Waals surface area contributed by atoms with Crippen molar-refractivity contribution in [3.8, 4) is 0 Å². The van der Waals surface area contributed by atoms with E-state index in [0.29, 0.717) is 6.54 Å². The summed E-state index contributed by atoms with van der Waals surface area (Å²) in [6.07, 6.45) is 1.42. The number of carbonyl (C=O) groups excluding carboxylic acids is 1. The van der Waals surface area contributed by atoms with E-state index in [1.807, 2.05) is 0 Å². The lowest BCUT2D eigenvalue weighted by Crippen LogP contribution is -2.34. The number of rotatable bonds is 5. The molecule has 0 saturated heterocycles. The van der Waals surface area contributed by atoms with Crippen molar-refractivity contribution in [2.45, 2.75) is 18.6 Å². The Labute approximate surface area is 85.0 Å². The number of hydrogen-bond donors (Lipinski definition) is 3. The van der Waals surface area contributed by atoms with E-state index in [1.54, 1.807) is 13.2 Å². The number of amides is 1. The van der Waals surface area contributed by atoms with Crippen LogP contribution in [0.5, 0.6) is 0 Å². The van der Waals surface area contributed by atoms with Crippen molar-refractivity contribution in [3.05, 3.63) is 0 Å². The first-order valence-electron chi connectivity index (χ1n) is 4.02. The first-order valence-corrected chi connectivity index (χ1v) is 5.64. The molecule has 4 N–H and O–H groups in total. The second kappa shape index (κ2) is 6.36. The number of carbonyl (C=O) groups is 1. The van der Waals surface area contributed by atoms with Gasteiger partial charge in [0.25, 0.3) is 0 Å². The molecule has 2 unspecified atom stereocenters. The molecular weight excluding hydrogens is 206 g/mol. The number of nitrogens with zero attached hydrogens (tertiary/aromatic N) is 1. The van der Waals surface area contributed by atoms with Crippen molar-refractivity contribution in [3.63, 3.8) is 0 Å². The highest BCUT2D eigenvalue weighted by Crippen LogP contribution is 1.90. The number of hydrogen-bond acceptors (Lipinski definition) is 4. The third-order valence-corrected chi connectivity index (χ3v) is 2.92. The van der Waals surface area contributed by atoms with E-state index in [0.717, 1.165) is 0 Å². The Morgan fingerprint density at radius 2 is 2.29 bits per heavy atom. The fraction of sp³-hybridized carbons (Fsp3) is 0.714. The van der Waals surface area contributed by atoms with Gasteiger partial charge >= 0.3 is 0 Å². The average molecular weight is 221 g/mol. The quantitative estimate of drug-likeness (QED) is 0.240. The van der Waals surface area contributed by atoms with Crippen LogP contribution in [0.3, 0.4) is 0 Å². The molecule has 0 spiro atoms. The Balaban J connectivity index is 3.80. The molecule has 82 valence electrons. The molecule has 0 radical (unpaired) electrons. The smallest absolute Gasteiger partial charge is 0.227 e. The predicted octanol–water partition coefficient (Wildman–Crippen LogP) is -0.994. The van der Waals surface area contributed by atoms with Gasteiger partial charge in [0.1, 0.15) is 5.84 Å². The van der Waals surface area contributed by atoms with Crippen LogP contribution in [0.25, 0.3) is 0 Å². The van der Waals surface area contributed by atoms with E-state index in [9.17, 15) is 9.00 Å². The molecule has 14 heavy (non-hydrogen) atoms. The highest BCUT2D eigenvalue weighted by Gasteiger charge is 2.09. The number of amidine groups is 1. The summed E-state index contributed by atoms with van der Waals surface area (Å²) in [7, 11) is -0.967. The minimum Gasteiger partial charge on any atom is -0.409 e. The Morgan fingerprint density at radius 1 is 1.71 bits per heavy atom. The average Bonchev–Trinajstić information content (AvgIpc) is 2.13. The largest absolute Gasteiger partial charge is 0.409 e. The molecule has 0 aliphatic heterocycles. The van der Waals surface area contributed by atoms with Crippen LogP contribution in [0.1, 0.15) is 13.3 Å². The van der Waals surface area contributed by atoms with Gasteiger partial charge in [-0.3, -0.25) is 9.00 Å².